The van der Waals surface area contributed by atoms with Crippen LogP contribution in [0.15, 0.2) is 133 Å². The quantitative estimate of drug-likeness (QED) is 0.0624. The SMILES string of the molecule is CC(C)(C)OC(=O)N1CCc2ccc(N)cc2C1.CC(C)(C)OC(=O)N1CCc2ccc(Nc3ncc4c(n3)OCN(c3c(Cl)cccc3Cl)C4=O)cc2C1.CSc1ncc2c(n1)OCN(c1c(Cl)cccc1Cl)C2=O.Cl.O=C1c2cnc(Nc3ccc4c(c3)CNCC4)nc2OCN1c1c(Cl)cccc1Cl. The maximum atomic E-state index is 13.1. The minimum atomic E-state index is -0.551. The lowest BCUT2D eigenvalue weighted by molar-refractivity contribution is 0.0214. The van der Waals surface area contributed by atoms with Crippen LogP contribution >= 0.6 is 93.8 Å². The lowest BCUT2D eigenvalue weighted by Gasteiger charge is -2.31. The number of para-hydroxylation sites is 3. The van der Waals surface area contributed by atoms with Crippen LogP contribution in [0.5, 0.6) is 17.6 Å². The molecule has 6 aromatic carbocycles. The maximum Gasteiger partial charge on any atom is 0.410 e. The lowest BCUT2D eigenvalue weighted by atomic mass is 9.99. The van der Waals surface area contributed by atoms with Gasteiger partial charge in [0.25, 0.3) is 17.7 Å². The molecule has 0 spiro atoms. The van der Waals surface area contributed by atoms with Gasteiger partial charge in [0, 0.05) is 68.4 Å². The summed E-state index contributed by atoms with van der Waals surface area (Å²) in [7, 11) is 0. The van der Waals surface area contributed by atoms with Crippen LogP contribution in [0.2, 0.25) is 30.1 Å². The van der Waals surface area contributed by atoms with Crippen LogP contribution < -0.4 is 50.6 Å². The summed E-state index contributed by atoms with van der Waals surface area (Å²) in [5, 5.41) is 12.4. The zero-order valence-electron chi connectivity index (χ0n) is 58.8. The standard InChI is InChI=1S/C26H25Cl2N5O4.C21H17Cl2N5O2.C14H20N2O2.C13H9Cl2N3O2S.ClH/c1-26(2,3)37-25(35)32-10-9-15-7-8-17(11-16(15)13-32)30-24-29-12-18-22(31-24)36-14-33(23(18)34)21-19(27)5-4-6-20(21)28;22-16-2-1-3-17(23)18(16)28-11-30-19-15(20(28)29)10-25-21(27-19)26-14-5-4-12-6-7-24-9-13(12)8-14;1-14(2,3)18-13(17)16-7-6-10-4-5-12(15)8-11(10)9-16;1-21-13-16-5-7-11(17-13)20-6-18(12(7)19)10-8(14)3-2-4-9(10)15;/h4-8,11-12H,9-10,13-14H2,1-3H3,(H,29,30,31);1-5,8,10,24H,6-7,9,11H2,(H,25,26,27);4-5,8H,6-7,9,15H2,1-3H3;2-5H,6H2,1H3;1H. The fourth-order valence-corrected chi connectivity index (χ4v) is 13.9. The summed E-state index contributed by atoms with van der Waals surface area (Å²) in [4.78, 5) is 96.3. The molecule has 6 aliphatic rings. The molecule has 558 valence electrons. The predicted molar refractivity (Wildman–Crippen MR) is 418 cm³/mol. The van der Waals surface area contributed by atoms with Gasteiger partial charge in [0.1, 0.15) is 27.9 Å². The molecule has 0 fully saturated rings. The molecule has 0 unspecified atom stereocenters. The van der Waals surface area contributed by atoms with E-state index in [-0.39, 0.29) is 103 Å². The Labute approximate surface area is 657 Å². The van der Waals surface area contributed by atoms with E-state index in [2.05, 4.69) is 58.0 Å². The number of fused-ring (bicyclic) bond motifs is 6. The first-order valence-corrected chi connectivity index (χ1v) is 36.8. The third-order valence-electron chi connectivity index (χ3n) is 16.8. The minimum absolute atomic E-state index is 0. The third kappa shape index (κ3) is 18.8. The van der Waals surface area contributed by atoms with Crippen molar-refractivity contribution in [2.45, 2.75) is 96.8 Å². The van der Waals surface area contributed by atoms with Gasteiger partial charge in [0.15, 0.2) is 25.3 Å². The van der Waals surface area contributed by atoms with Crippen molar-refractivity contribution in [3.8, 4) is 17.6 Å². The molecule has 0 radical (unpaired) electrons. The number of aromatic nitrogens is 6. The number of amides is 5. The fraction of sp³-hybridized carbons (Fsp3) is 0.284. The molecule has 5 N–H and O–H groups in total. The molecule has 33 heteroatoms. The first-order valence-electron chi connectivity index (χ1n) is 33.3. The first kappa shape index (κ1) is 78.7. The number of thioether (sulfide) groups is 1. The van der Waals surface area contributed by atoms with Gasteiger partial charge in [0.2, 0.25) is 29.5 Å². The number of rotatable bonds is 8. The maximum absolute atomic E-state index is 13.1. The van der Waals surface area contributed by atoms with Crippen molar-refractivity contribution in [3.63, 3.8) is 0 Å². The number of nitrogens with one attached hydrogen (secondary N) is 3. The van der Waals surface area contributed by atoms with E-state index in [9.17, 15) is 24.0 Å². The van der Waals surface area contributed by atoms with Gasteiger partial charge in [-0.05, 0) is 180 Å². The summed E-state index contributed by atoms with van der Waals surface area (Å²) in [6.45, 7) is 15.2. The zero-order valence-corrected chi connectivity index (χ0v) is 64.9. The Hall–Kier alpha value is -9.35. The van der Waals surface area contributed by atoms with Crippen LogP contribution in [-0.2, 0) is 48.4 Å². The topological polar surface area (TPSA) is 287 Å². The molecule has 15 rings (SSSR count). The van der Waals surface area contributed by atoms with Crippen molar-refractivity contribution in [1.82, 2.24) is 45.0 Å². The number of benzene rings is 6. The van der Waals surface area contributed by atoms with Gasteiger partial charge in [-0.3, -0.25) is 29.1 Å². The number of carbonyl (C=O) groups excluding carboxylic acids is 5. The van der Waals surface area contributed by atoms with E-state index in [0.29, 0.717) is 84.5 Å². The number of nitrogens with zero attached hydrogens (tertiary/aromatic N) is 11. The van der Waals surface area contributed by atoms with Gasteiger partial charge in [0.05, 0.1) is 47.2 Å². The van der Waals surface area contributed by atoms with E-state index in [1.165, 1.54) is 67.3 Å². The molecule has 9 aromatic rings. The normalized spacial score (nSPS) is 14.7. The number of nitrogens with two attached hydrogens (primary N) is 1. The molecule has 9 heterocycles. The molecule has 3 aromatic heterocycles. The van der Waals surface area contributed by atoms with E-state index < -0.39 is 11.2 Å². The van der Waals surface area contributed by atoms with E-state index in [0.717, 1.165) is 60.5 Å². The number of halogens is 7. The Bertz CT molecular complexity index is 4840. The average molecular weight is 1610 g/mol. The van der Waals surface area contributed by atoms with E-state index in [1.807, 2.05) is 90.3 Å². The van der Waals surface area contributed by atoms with Crippen LogP contribution in [0.25, 0.3) is 0 Å². The average Bonchev–Trinajstić information content (AvgIpc) is 0.788. The third-order valence-corrected chi connectivity index (χ3v) is 19.2. The van der Waals surface area contributed by atoms with Crippen LogP contribution in [-0.4, -0.2) is 127 Å². The smallest absolute Gasteiger partial charge is 0.410 e. The molecule has 25 nitrogen and oxygen atoms in total. The van der Waals surface area contributed by atoms with Crippen molar-refractivity contribution >= 4 is 170 Å². The molecular formula is C74H72Cl7N15O10S. The van der Waals surface area contributed by atoms with E-state index in [1.54, 1.807) is 64.4 Å². The largest absolute Gasteiger partial charge is 0.455 e. The fourth-order valence-electron chi connectivity index (χ4n) is 11.8. The summed E-state index contributed by atoms with van der Waals surface area (Å²) < 4.78 is 27.9. The summed E-state index contributed by atoms with van der Waals surface area (Å²) in [6, 6.07) is 33.1. The highest BCUT2D eigenvalue weighted by Gasteiger charge is 2.36. The second-order valence-corrected chi connectivity index (χ2v) is 29.8. The van der Waals surface area contributed by atoms with Crippen LogP contribution in [0.1, 0.15) is 106 Å². The number of anilines is 8. The number of nitrogen functional groups attached to an aromatic ring is 1. The van der Waals surface area contributed by atoms with Gasteiger partial charge in [-0.2, -0.15) is 15.0 Å². The Morgan fingerprint density at radius 3 is 1.29 bits per heavy atom. The second kappa shape index (κ2) is 33.8. The number of hydrogen-bond donors (Lipinski definition) is 4. The molecule has 6 aliphatic heterocycles. The second-order valence-electron chi connectivity index (χ2n) is 26.6. The molecule has 0 bridgehead atoms. The van der Waals surface area contributed by atoms with Crippen LogP contribution in [0.4, 0.5) is 55.6 Å². The molecule has 107 heavy (non-hydrogen) atoms. The summed E-state index contributed by atoms with van der Waals surface area (Å²) in [5.41, 5.74) is 16.2. The van der Waals surface area contributed by atoms with Gasteiger partial charge in [-0.25, -0.2) is 24.5 Å². The van der Waals surface area contributed by atoms with E-state index in [4.69, 9.17) is 99.0 Å². The highest BCUT2D eigenvalue weighted by Crippen LogP contribution is 2.41. The summed E-state index contributed by atoms with van der Waals surface area (Å²) >= 11 is 38.7. The van der Waals surface area contributed by atoms with Crippen molar-refractivity contribution in [2.24, 2.45) is 0 Å². The summed E-state index contributed by atoms with van der Waals surface area (Å²) in [6.07, 6.45) is 8.19. The van der Waals surface area contributed by atoms with Gasteiger partial charge in [-0.15, -0.1) is 12.4 Å². The Morgan fingerprint density at radius 1 is 0.505 bits per heavy atom. The molecular weight excluding hydrogens is 1540 g/mol. The molecule has 0 saturated carbocycles. The molecule has 0 aliphatic carbocycles. The van der Waals surface area contributed by atoms with Gasteiger partial charge in [-0.1, -0.05) is 118 Å². The minimum Gasteiger partial charge on any atom is -0.455 e. The first-order chi connectivity index (χ1) is 50.6. The van der Waals surface area contributed by atoms with E-state index >= 15 is 0 Å². The molecule has 0 atom stereocenters. The van der Waals surface area contributed by atoms with Crippen molar-refractivity contribution < 1.29 is 47.7 Å². The Balaban J connectivity index is 0.000000147. The number of ether oxygens (including phenoxy) is 5. The lowest BCUT2D eigenvalue weighted by Crippen LogP contribution is -2.39. The highest BCUT2D eigenvalue weighted by molar-refractivity contribution is 7.98. The molecule has 0 saturated heterocycles. The Morgan fingerprint density at radius 2 is 0.879 bits per heavy atom. The highest BCUT2D eigenvalue weighted by atomic mass is 35.5. The Kier molecular flexibility index (Phi) is 24.9. The number of hydrogen-bond acceptors (Lipinski definition) is 21. The van der Waals surface area contributed by atoms with Crippen molar-refractivity contribution in [2.75, 3.05) is 77.1 Å². The van der Waals surface area contributed by atoms with Crippen molar-refractivity contribution in [1.29, 1.82) is 0 Å². The van der Waals surface area contributed by atoms with Crippen LogP contribution in [0, 0.1) is 0 Å². The molecule has 5 amide bonds. The van der Waals surface area contributed by atoms with Crippen molar-refractivity contribution in [3.05, 3.63) is 208 Å². The predicted octanol–water partition coefficient (Wildman–Crippen LogP) is 16.5. The zero-order chi connectivity index (χ0) is 75.3. The summed E-state index contributed by atoms with van der Waals surface area (Å²) in [5.74, 6) is 0.312. The monoisotopic (exact) mass is 1610 g/mol. The van der Waals surface area contributed by atoms with Gasteiger partial charge < -0.3 is 55.2 Å². The van der Waals surface area contributed by atoms with Gasteiger partial charge >= 0.3 is 12.2 Å². The van der Waals surface area contributed by atoms with Crippen LogP contribution in [0.3, 0.4) is 0 Å². The number of carbonyl (C=O) groups is 5.